The largest absolute Gasteiger partial charge is 0.491 e. The van der Waals surface area contributed by atoms with Gasteiger partial charge in [-0.15, -0.1) is 0 Å². The lowest BCUT2D eigenvalue weighted by atomic mass is 10.1. The maximum Gasteiger partial charge on any atom is 0.310 e. The van der Waals surface area contributed by atoms with E-state index in [9.17, 15) is 4.79 Å². The molecule has 1 aromatic carbocycles. The molecular weight excluding hydrogens is 270 g/mol. The lowest BCUT2D eigenvalue weighted by Crippen LogP contribution is -2.09. The fourth-order valence-electron chi connectivity index (χ4n) is 1.85. The molecule has 0 fully saturated rings. The smallest absolute Gasteiger partial charge is 0.310 e. The van der Waals surface area contributed by atoms with Crippen LogP contribution in [0.1, 0.15) is 30.9 Å². The standard InChI is InChI=1S/C16H19NO4/c1-11(2)20-14-6-4-5-13(8-14)9-16(18)19-10-15-7-12(3)17-21-15/h4-8,11H,9-10H2,1-3H3. The number of esters is 1. The molecule has 112 valence electrons. The number of aryl methyl sites for hydroxylation is 1. The van der Waals surface area contributed by atoms with Crippen LogP contribution in [0, 0.1) is 6.92 Å². The second-order valence-corrected chi connectivity index (χ2v) is 5.09. The summed E-state index contributed by atoms with van der Waals surface area (Å²) in [6.45, 7) is 5.83. The number of nitrogens with zero attached hydrogens (tertiary/aromatic N) is 1. The zero-order valence-electron chi connectivity index (χ0n) is 12.5. The summed E-state index contributed by atoms with van der Waals surface area (Å²) in [7, 11) is 0. The Labute approximate surface area is 123 Å². The molecule has 0 bridgehead atoms. The maximum absolute atomic E-state index is 11.8. The average molecular weight is 289 g/mol. The molecule has 21 heavy (non-hydrogen) atoms. The average Bonchev–Trinajstić information content (AvgIpc) is 2.82. The summed E-state index contributed by atoms with van der Waals surface area (Å²) in [6.07, 6.45) is 0.296. The van der Waals surface area contributed by atoms with Gasteiger partial charge >= 0.3 is 5.97 Å². The second-order valence-electron chi connectivity index (χ2n) is 5.09. The molecule has 0 saturated heterocycles. The Kier molecular flexibility index (Phi) is 4.98. The van der Waals surface area contributed by atoms with Crippen LogP contribution in [0.15, 0.2) is 34.9 Å². The van der Waals surface area contributed by atoms with Gasteiger partial charge in [0.1, 0.15) is 5.75 Å². The number of rotatable bonds is 6. The molecule has 0 atom stereocenters. The minimum Gasteiger partial charge on any atom is -0.491 e. The molecule has 2 rings (SSSR count). The summed E-state index contributed by atoms with van der Waals surface area (Å²) >= 11 is 0. The Balaban J connectivity index is 1.87. The molecule has 0 spiro atoms. The quantitative estimate of drug-likeness (QED) is 0.765. The lowest BCUT2D eigenvalue weighted by molar-refractivity contribution is -0.144. The van der Waals surface area contributed by atoms with Gasteiger partial charge in [0.05, 0.1) is 18.2 Å². The van der Waals surface area contributed by atoms with Crippen LogP contribution in [0.25, 0.3) is 0 Å². The van der Waals surface area contributed by atoms with Crippen molar-refractivity contribution in [2.45, 2.75) is 39.9 Å². The van der Waals surface area contributed by atoms with Gasteiger partial charge in [-0.1, -0.05) is 17.3 Å². The van der Waals surface area contributed by atoms with Gasteiger partial charge in [0, 0.05) is 6.07 Å². The third-order valence-electron chi connectivity index (χ3n) is 2.67. The summed E-state index contributed by atoms with van der Waals surface area (Å²) in [5.74, 6) is 0.977. The third-order valence-corrected chi connectivity index (χ3v) is 2.67. The molecule has 5 nitrogen and oxygen atoms in total. The molecule has 0 amide bonds. The van der Waals surface area contributed by atoms with E-state index in [1.165, 1.54) is 0 Å². The van der Waals surface area contributed by atoms with Crippen LogP contribution in [0.2, 0.25) is 0 Å². The number of aromatic nitrogens is 1. The minimum atomic E-state index is -0.314. The maximum atomic E-state index is 11.8. The van der Waals surface area contributed by atoms with Crippen molar-refractivity contribution in [3.8, 4) is 5.75 Å². The van der Waals surface area contributed by atoms with E-state index in [0.29, 0.717) is 5.76 Å². The summed E-state index contributed by atoms with van der Waals surface area (Å²) in [5.41, 5.74) is 1.62. The van der Waals surface area contributed by atoms with E-state index < -0.39 is 0 Å². The minimum absolute atomic E-state index is 0.0990. The van der Waals surface area contributed by atoms with Gasteiger partial charge in [-0.3, -0.25) is 4.79 Å². The predicted molar refractivity (Wildman–Crippen MR) is 76.9 cm³/mol. The van der Waals surface area contributed by atoms with Gasteiger partial charge < -0.3 is 14.0 Å². The van der Waals surface area contributed by atoms with E-state index in [0.717, 1.165) is 17.0 Å². The van der Waals surface area contributed by atoms with Gasteiger partial charge in [0.15, 0.2) is 12.4 Å². The van der Waals surface area contributed by atoms with E-state index in [-0.39, 0.29) is 25.1 Å². The summed E-state index contributed by atoms with van der Waals surface area (Å²) < 4.78 is 15.7. The number of hydrogen-bond acceptors (Lipinski definition) is 5. The summed E-state index contributed by atoms with van der Waals surface area (Å²) in [5, 5.41) is 3.73. The highest BCUT2D eigenvalue weighted by Crippen LogP contribution is 2.16. The molecule has 1 aromatic heterocycles. The van der Waals surface area contributed by atoms with Crippen molar-refractivity contribution in [1.29, 1.82) is 0 Å². The molecule has 0 N–H and O–H groups in total. The summed E-state index contributed by atoms with van der Waals surface area (Å²) in [6, 6.07) is 9.18. The SMILES string of the molecule is Cc1cc(COC(=O)Cc2cccc(OC(C)C)c2)on1. The van der Waals surface area contributed by atoms with Crippen LogP contribution < -0.4 is 4.74 Å². The zero-order chi connectivity index (χ0) is 15.2. The Hall–Kier alpha value is -2.30. The zero-order valence-corrected chi connectivity index (χ0v) is 12.5. The highest BCUT2D eigenvalue weighted by Gasteiger charge is 2.09. The molecule has 5 heteroatoms. The third kappa shape index (κ3) is 4.95. The van der Waals surface area contributed by atoms with Crippen LogP contribution in [-0.4, -0.2) is 17.2 Å². The molecule has 0 saturated carbocycles. The topological polar surface area (TPSA) is 61.6 Å². The Morgan fingerprint density at radius 3 is 2.81 bits per heavy atom. The first-order chi connectivity index (χ1) is 10.0. The summed E-state index contributed by atoms with van der Waals surface area (Å²) in [4.78, 5) is 11.8. The van der Waals surface area contributed by atoms with E-state index >= 15 is 0 Å². The van der Waals surface area contributed by atoms with E-state index in [1.54, 1.807) is 6.07 Å². The highest BCUT2D eigenvalue weighted by molar-refractivity contribution is 5.72. The Morgan fingerprint density at radius 2 is 2.14 bits per heavy atom. The van der Waals surface area contributed by atoms with Crippen molar-refractivity contribution in [1.82, 2.24) is 5.16 Å². The molecule has 0 aliphatic carbocycles. The Bertz CT molecular complexity index is 604. The molecule has 0 aliphatic rings. The van der Waals surface area contributed by atoms with Crippen LogP contribution in [0.4, 0.5) is 0 Å². The van der Waals surface area contributed by atoms with Gasteiger partial charge in [-0.25, -0.2) is 0 Å². The number of carbonyl (C=O) groups is 1. The van der Waals surface area contributed by atoms with E-state index in [2.05, 4.69) is 5.16 Å². The van der Waals surface area contributed by atoms with Crippen molar-refractivity contribution in [2.24, 2.45) is 0 Å². The Morgan fingerprint density at radius 1 is 1.33 bits per heavy atom. The number of carbonyl (C=O) groups excluding carboxylic acids is 1. The van der Waals surface area contributed by atoms with Crippen LogP contribution in [0.3, 0.4) is 0 Å². The van der Waals surface area contributed by atoms with Crippen LogP contribution in [0.5, 0.6) is 5.75 Å². The van der Waals surface area contributed by atoms with Gasteiger partial charge in [0.25, 0.3) is 0 Å². The second kappa shape index (κ2) is 6.92. The first kappa shape index (κ1) is 15.1. The lowest BCUT2D eigenvalue weighted by Gasteiger charge is -2.10. The molecular formula is C16H19NO4. The fraction of sp³-hybridized carbons (Fsp3) is 0.375. The highest BCUT2D eigenvalue weighted by atomic mass is 16.5. The number of ether oxygens (including phenoxy) is 2. The van der Waals surface area contributed by atoms with Gasteiger partial charge in [0.2, 0.25) is 0 Å². The normalized spacial score (nSPS) is 10.7. The van der Waals surface area contributed by atoms with Crippen molar-refractivity contribution in [2.75, 3.05) is 0 Å². The van der Waals surface area contributed by atoms with Crippen molar-refractivity contribution < 1.29 is 18.8 Å². The fourth-order valence-corrected chi connectivity index (χ4v) is 1.85. The van der Waals surface area contributed by atoms with Crippen LogP contribution >= 0.6 is 0 Å². The first-order valence-electron chi connectivity index (χ1n) is 6.86. The molecule has 2 aromatic rings. The molecule has 0 unspecified atom stereocenters. The predicted octanol–water partition coefficient (Wildman–Crippen LogP) is 3.06. The molecule has 1 heterocycles. The number of hydrogen-bond donors (Lipinski definition) is 0. The molecule has 0 radical (unpaired) electrons. The van der Waals surface area contributed by atoms with Crippen LogP contribution in [-0.2, 0) is 22.6 Å². The van der Waals surface area contributed by atoms with Crippen molar-refractivity contribution in [3.05, 3.63) is 47.3 Å². The molecule has 0 aliphatic heterocycles. The number of benzene rings is 1. The van der Waals surface area contributed by atoms with E-state index in [4.69, 9.17) is 14.0 Å². The van der Waals surface area contributed by atoms with E-state index in [1.807, 2.05) is 45.0 Å². The first-order valence-corrected chi connectivity index (χ1v) is 6.86. The monoisotopic (exact) mass is 289 g/mol. The van der Waals surface area contributed by atoms with Crippen molar-refractivity contribution >= 4 is 5.97 Å². The van der Waals surface area contributed by atoms with Crippen molar-refractivity contribution in [3.63, 3.8) is 0 Å². The van der Waals surface area contributed by atoms with Gasteiger partial charge in [-0.2, -0.15) is 0 Å². The van der Waals surface area contributed by atoms with Gasteiger partial charge in [-0.05, 0) is 38.5 Å².